The maximum absolute atomic E-state index is 13.1. The highest BCUT2D eigenvalue weighted by Crippen LogP contribution is 2.38. The number of piperidine rings is 1. The highest BCUT2D eigenvalue weighted by molar-refractivity contribution is 6.21. The predicted molar refractivity (Wildman–Crippen MR) is 128 cm³/mol. The van der Waals surface area contributed by atoms with Crippen LogP contribution in [-0.2, 0) is 6.18 Å². The molecule has 186 valence electrons. The van der Waals surface area contributed by atoms with Crippen LogP contribution in [0.15, 0.2) is 72.9 Å². The zero-order chi connectivity index (χ0) is 25.3. The molecule has 1 aromatic heterocycles. The largest absolute Gasteiger partial charge is 0.416 e. The van der Waals surface area contributed by atoms with Gasteiger partial charge in [0.15, 0.2) is 0 Å². The summed E-state index contributed by atoms with van der Waals surface area (Å²) in [5, 5.41) is 0. The molecule has 2 aliphatic heterocycles. The summed E-state index contributed by atoms with van der Waals surface area (Å²) in [4.78, 5) is 33.3. The van der Waals surface area contributed by atoms with Crippen molar-refractivity contribution in [3.05, 3.63) is 101 Å². The van der Waals surface area contributed by atoms with Crippen LogP contribution in [0.2, 0.25) is 0 Å². The average Bonchev–Trinajstić information content (AvgIpc) is 3.13. The first-order valence-electron chi connectivity index (χ1n) is 12.1. The zero-order valence-electron chi connectivity index (χ0n) is 19.6. The number of amides is 2. The molecule has 5 nitrogen and oxygen atoms in total. The Bertz CT molecular complexity index is 1200. The predicted octanol–water partition coefficient (Wildman–Crippen LogP) is 5.24. The summed E-state index contributed by atoms with van der Waals surface area (Å²) in [6, 6.07) is 17.9. The van der Waals surface area contributed by atoms with Crippen LogP contribution in [0.1, 0.15) is 56.3 Å². The SMILES string of the molecule is O=C1c2ccccc2C(=O)N1CCN1CCC(C(c2ccc(C(F)(F)F)cc2)c2ccccn2)CC1. The Kier molecular flexibility index (Phi) is 6.62. The first-order chi connectivity index (χ1) is 17.3. The Morgan fingerprint density at radius 2 is 1.44 bits per heavy atom. The topological polar surface area (TPSA) is 53.5 Å². The number of hydrogen-bond donors (Lipinski definition) is 0. The van der Waals surface area contributed by atoms with Gasteiger partial charge in [-0.25, -0.2) is 0 Å². The van der Waals surface area contributed by atoms with Crippen LogP contribution in [0.4, 0.5) is 13.2 Å². The Labute approximate surface area is 207 Å². The molecule has 2 aliphatic rings. The van der Waals surface area contributed by atoms with Crippen LogP contribution in [-0.4, -0.2) is 52.8 Å². The Morgan fingerprint density at radius 1 is 0.833 bits per heavy atom. The molecule has 0 radical (unpaired) electrons. The summed E-state index contributed by atoms with van der Waals surface area (Å²) in [6.07, 6.45) is -0.984. The zero-order valence-corrected chi connectivity index (χ0v) is 19.6. The van der Waals surface area contributed by atoms with Crippen molar-refractivity contribution in [2.24, 2.45) is 5.92 Å². The number of likely N-dealkylation sites (tertiary alicyclic amines) is 1. The molecule has 0 N–H and O–H groups in total. The number of aromatic nitrogens is 1. The monoisotopic (exact) mass is 493 g/mol. The van der Waals surface area contributed by atoms with E-state index >= 15 is 0 Å². The summed E-state index contributed by atoms with van der Waals surface area (Å²) in [5.74, 6) is -0.384. The molecule has 36 heavy (non-hydrogen) atoms. The minimum absolute atomic E-state index is 0.105. The van der Waals surface area contributed by atoms with E-state index in [1.54, 1.807) is 42.6 Å². The summed E-state index contributed by atoms with van der Waals surface area (Å²) in [5.41, 5.74) is 1.92. The fourth-order valence-electron chi connectivity index (χ4n) is 5.32. The molecule has 3 heterocycles. The number of pyridine rings is 1. The van der Waals surface area contributed by atoms with Crippen LogP contribution in [0.5, 0.6) is 0 Å². The molecule has 5 rings (SSSR count). The molecular weight excluding hydrogens is 467 g/mol. The average molecular weight is 494 g/mol. The second kappa shape index (κ2) is 9.85. The molecule has 8 heteroatoms. The van der Waals surface area contributed by atoms with Crippen molar-refractivity contribution in [1.82, 2.24) is 14.8 Å². The molecule has 1 unspecified atom stereocenters. The summed E-state index contributed by atoms with van der Waals surface area (Å²) in [6.45, 7) is 2.47. The van der Waals surface area contributed by atoms with Gasteiger partial charge in [0.05, 0.1) is 16.7 Å². The number of benzene rings is 2. The number of carbonyl (C=O) groups excluding carboxylic acids is 2. The van der Waals surface area contributed by atoms with Gasteiger partial charge in [0.1, 0.15) is 0 Å². The van der Waals surface area contributed by atoms with E-state index in [0.29, 0.717) is 24.2 Å². The lowest BCUT2D eigenvalue weighted by molar-refractivity contribution is -0.137. The van der Waals surface area contributed by atoms with Crippen LogP contribution >= 0.6 is 0 Å². The highest BCUT2D eigenvalue weighted by atomic mass is 19.4. The van der Waals surface area contributed by atoms with Gasteiger partial charge in [-0.3, -0.25) is 19.5 Å². The maximum Gasteiger partial charge on any atom is 0.416 e. The van der Waals surface area contributed by atoms with Gasteiger partial charge in [-0.1, -0.05) is 30.3 Å². The molecule has 0 bridgehead atoms. The van der Waals surface area contributed by atoms with E-state index in [4.69, 9.17) is 0 Å². The smallest absolute Gasteiger partial charge is 0.302 e. The summed E-state index contributed by atoms with van der Waals surface area (Å²) in [7, 11) is 0. The number of rotatable bonds is 6. The highest BCUT2D eigenvalue weighted by Gasteiger charge is 2.36. The molecule has 0 spiro atoms. The standard InChI is InChI=1S/C28H26F3N3O2/c29-28(30,31)21-10-8-19(9-11-21)25(24-7-3-4-14-32-24)20-12-15-33(16-13-20)17-18-34-26(35)22-5-1-2-6-23(22)27(34)36/h1-11,14,20,25H,12-13,15-18H2. The van der Waals surface area contributed by atoms with Crippen molar-refractivity contribution in [3.63, 3.8) is 0 Å². The van der Waals surface area contributed by atoms with E-state index in [-0.39, 0.29) is 23.7 Å². The van der Waals surface area contributed by atoms with Crippen molar-refractivity contribution in [1.29, 1.82) is 0 Å². The molecule has 1 saturated heterocycles. The van der Waals surface area contributed by atoms with Crippen molar-refractivity contribution < 1.29 is 22.8 Å². The van der Waals surface area contributed by atoms with Gasteiger partial charge >= 0.3 is 6.18 Å². The molecule has 3 aromatic rings. The third-order valence-corrected chi connectivity index (χ3v) is 7.23. The van der Waals surface area contributed by atoms with Crippen LogP contribution in [0, 0.1) is 5.92 Å². The number of alkyl halides is 3. The third kappa shape index (κ3) is 4.78. The Morgan fingerprint density at radius 3 is 2.00 bits per heavy atom. The molecule has 1 atom stereocenters. The fourth-order valence-corrected chi connectivity index (χ4v) is 5.32. The third-order valence-electron chi connectivity index (χ3n) is 7.23. The van der Waals surface area contributed by atoms with Crippen molar-refractivity contribution in [2.75, 3.05) is 26.2 Å². The fraction of sp³-hybridized carbons (Fsp3) is 0.321. The van der Waals surface area contributed by atoms with Gasteiger partial charge in [-0.15, -0.1) is 0 Å². The quantitative estimate of drug-likeness (QED) is 0.441. The second-order valence-electron chi connectivity index (χ2n) is 9.34. The van der Waals surface area contributed by atoms with E-state index in [1.165, 1.54) is 4.90 Å². The van der Waals surface area contributed by atoms with Crippen LogP contribution < -0.4 is 0 Å². The Hall–Kier alpha value is -3.52. The number of nitrogens with zero attached hydrogens (tertiary/aromatic N) is 3. The molecule has 0 saturated carbocycles. The Balaban J connectivity index is 1.25. The first-order valence-corrected chi connectivity index (χ1v) is 12.1. The number of fused-ring (bicyclic) bond motifs is 1. The van der Waals surface area contributed by atoms with Gasteiger partial charge in [-0.2, -0.15) is 13.2 Å². The van der Waals surface area contributed by atoms with Crippen molar-refractivity contribution in [2.45, 2.75) is 24.9 Å². The number of halogens is 3. The van der Waals surface area contributed by atoms with Crippen LogP contribution in [0.25, 0.3) is 0 Å². The summed E-state index contributed by atoms with van der Waals surface area (Å²) < 4.78 is 39.3. The van der Waals surface area contributed by atoms with Crippen molar-refractivity contribution >= 4 is 11.8 Å². The van der Waals surface area contributed by atoms with Crippen molar-refractivity contribution in [3.8, 4) is 0 Å². The van der Waals surface area contributed by atoms with Gasteiger partial charge in [-0.05, 0) is 73.8 Å². The lowest BCUT2D eigenvalue weighted by Gasteiger charge is -2.36. The lowest BCUT2D eigenvalue weighted by Crippen LogP contribution is -2.42. The number of hydrogen-bond acceptors (Lipinski definition) is 4. The van der Waals surface area contributed by atoms with E-state index in [2.05, 4.69) is 9.88 Å². The minimum atomic E-state index is -4.37. The van der Waals surface area contributed by atoms with E-state index < -0.39 is 11.7 Å². The molecule has 0 aliphatic carbocycles. The van der Waals surface area contributed by atoms with E-state index in [1.807, 2.05) is 18.2 Å². The van der Waals surface area contributed by atoms with Gasteiger partial charge in [0, 0.05) is 30.9 Å². The maximum atomic E-state index is 13.1. The normalized spacial score (nSPS) is 17.9. The van der Waals surface area contributed by atoms with Crippen LogP contribution in [0.3, 0.4) is 0 Å². The van der Waals surface area contributed by atoms with E-state index in [0.717, 1.165) is 49.3 Å². The molecule has 2 amide bonds. The first kappa shape index (κ1) is 24.2. The lowest BCUT2D eigenvalue weighted by atomic mass is 9.77. The van der Waals surface area contributed by atoms with Gasteiger partial charge < -0.3 is 4.90 Å². The molecule has 1 fully saturated rings. The summed E-state index contributed by atoms with van der Waals surface area (Å²) >= 11 is 0. The van der Waals surface area contributed by atoms with Gasteiger partial charge in [0.25, 0.3) is 11.8 Å². The second-order valence-corrected chi connectivity index (χ2v) is 9.34. The molecular formula is C28H26F3N3O2. The minimum Gasteiger partial charge on any atom is -0.302 e. The number of carbonyl (C=O) groups is 2. The van der Waals surface area contributed by atoms with E-state index in [9.17, 15) is 22.8 Å². The number of imide groups is 1. The van der Waals surface area contributed by atoms with Gasteiger partial charge in [0.2, 0.25) is 0 Å². The molecule has 2 aromatic carbocycles.